The Balaban J connectivity index is 1.99. The number of fused-ring (bicyclic) bond motifs is 1. The molecule has 2 heterocycles. The van der Waals surface area contributed by atoms with E-state index in [1.807, 2.05) is 59.9 Å². The summed E-state index contributed by atoms with van der Waals surface area (Å²) < 4.78 is 0. The normalized spacial score (nSPS) is 12.4. The van der Waals surface area contributed by atoms with Gasteiger partial charge in [-0.2, -0.15) is 5.10 Å². The number of aromatic nitrogens is 3. The van der Waals surface area contributed by atoms with Crippen LogP contribution in [0.2, 0.25) is 0 Å². The molecule has 3 aromatic rings. The molecule has 1 atom stereocenters. The Bertz CT molecular complexity index is 938. The zero-order chi connectivity index (χ0) is 18.3. The summed E-state index contributed by atoms with van der Waals surface area (Å²) in [7, 11) is 1.83. The number of nitrogens with one attached hydrogen (secondary N) is 1. The topological polar surface area (TPSA) is 61.9 Å². The number of pyridine rings is 1. The van der Waals surface area contributed by atoms with Crippen LogP contribution in [-0.4, -0.2) is 33.0 Å². The van der Waals surface area contributed by atoms with Crippen LogP contribution in [0.15, 0.2) is 24.3 Å². The van der Waals surface area contributed by atoms with Crippen LogP contribution < -0.4 is 0 Å². The van der Waals surface area contributed by atoms with Gasteiger partial charge in [-0.1, -0.05) is 11.6 Å². The number of aromatic amines is 1. The van der Waals surface area contributed by atoms with Gasteiger partial charge in [-0.25, -0.2) is 0 Å². The zero-order valence-corrected chi connectivity index (χ0v) is 15.6. The standard InChI is InChI=1S/C20H24N4O/c1-11-7-8-18-16(9-11)10-17(12(2)21-18)20(25)24(6)15(5)19-13(3)22-23-14(19)4/h7-10,15H,1-6H3,(H,22,23)/t15-/m0/s1. The molecule has 25 heavy (non-hydrogen) atoms. The fraction of sp³-hybridized carbons (Fsp3) is 0.350. The van der Waals surface area contributed by atoms with E-state index in [1.165, 1.54) is 0 Å². The van der Waals surface area contributed by atoms with Gasteiger partial charge >= 0.3 is 0 Å². The average Bonchev–Trinajstić information content (AvgIpc) is 2.91. The van der Waals surface area contributed by atoms with E-state index in [2.05, 4.69) is 21.2 Å². The quantitative estimate of drug-likeness (QED) is 0.785. The number of aryl methyl sites for hydroxylation is 4. The van der Waals surface area contributed by atoms with E-state index in [1.54, 1.807) is 4.90 Å². The molecule has 0 spiro atoms. The number of amides is 1. The molecule has 0 fully saturated rings. The van der Waals surface area contributed by atoms with E-state index in [0.717, 1.165) is 39.1 Å². The third-order valence-corrected chi connectivity index (χ3v) is 4.90. The molecule has 5 heteroatoms. The van der Waals surface area contributed by atoms with Crippen molar-refractivity contribution in [1.82, 2.24) is 20.1 Å². The number of hydrogen-bond donors (Lipinski definition) is 1. The van der Waals surface area contributed by atoms with Crippen LogP contribution >= 0.6 is 0 Å². The van der Waals surface area contributed by atoms with Gasteiger partial charge in [0.15, 0.2) is 0 Å². The van der Waals surface area contributed by atoms with Crippen LogP contribution in [0, 0.1) is 27.7 Å². The van der Waals surface area contributed by atoms with Crippen molar-refractivity contribution in [2.45, 2.75) is 40.7 Å². The van der Waals surface area contributed by atoms with E-state index >= 15 is 0 Å². The number of benzene rings is 1. The highest BCUT2D eigenvalue weighted by Gasteiger charge is 2.24. The van der Waals surface area contributed by atoms with Crippen molar-refractivity contribution in [2.24, 2.45) is 0 Å². The molecule has 0 aliphatic carbocycles. The molecule has 0 saturated carbocycles. The van der Waals surface area contributed by atoms with Gasteiger partial charge in [-0.15, -0.1) is 0 Å². The molecule has 0 bridgehead atoms. The number of nitrogens with zero attached hydrogens (tertiary/aromatic N) is 3. The Morgan fingerprint density at radius 3 is 2.48 bits per heavy atom. The summed E-state index contributed by atoms with van der Waals surface area (Å²) in [4.78, 5) is 19.5. The molecular weight excluding hydrogens is 312 g/mol. The Morgan fingerprint density at radius 1 is 1.12 bits per heavy atom. The summed E-state index contributed by atoms with van der Waals surface area (Å²) >= 11 is 0. The molecule has 2 aromatic heterocycles. The van der Waals surface area contributed by atoms with Crippen LogP contribution in [-0.2, 0) is 0 Å². The predicted molar refractivity (Wildman–Crippen MR) is 99.8 cm³/mol. The number of rotatable bonds is 3. The number of carbonyl (C=O) groups excluding carboxylic acids is 1. The Labute approximate surface area is 148 Å². The first-order valence-electron chi connectivity index (χ1n) is 8.46. The van der Waals surface area contributed by atoms with E-state index in [-0.39, 0.29) is 11.9 Å². The maximum Gasteiger partial charge on any atom is 0.255 e. The van der Waals surface area contributed by atoms with Crippen molar-refractivity contribution in [3.63, 3.8) is 0 Å². The summed E-state index contributed by atoms with van der Waals surface area (Å²) in [6.07, 6.45) is 0. The lowest BCUT2D eigenvalue weighted by molar-refractivity contribution is 0.0741. The highest BCUT2D eigenvalue weighted by atomic mass is 16.2. The zero-order valence-electron chi connectivity index (χ0n) is 15.6. The minimum atomic E-state index is -0.0705. The van der Waals surface area contributed by atoms with Gasteiger partial charge in [0, 0.05) is 23.7 Å². The van der Waals surface area contributed by atoms with E-state index < -0.39 is 0 Å². The maximum atomic E-state index is 13.1. The number of carbonyl (C=O) groups is 1. The monoisotopic (exact) mass is 336 g/mol. The lowest BCUT2D eigenvalue weighted by atomic mass is 10.0. The van der Waals surface area contributed by atoms with Gasteiger partial charge in [0.05, 0.1) is 28.5 Å². The molecule has 1 aromatic carbocycles. The largest absolute Gasteiger partial charge is 0.335 e. The van der Waals surface area contributed by atoms with Crippen molar-refractivity contribution in [3.8, 4) is 0 Å². The van der Waals surface area contributed by atoms with Gasteiger partial charge in [0.25, 0.3) is 5.91 Å². The molecule has 0 unspecified atom stereocenters. The van der Waals surface area contributed by atoms with Gasteiger partial charge in [-0.3, -0.25) is 14.9 Å². The molecule has 3 rings (SSSR count). The SMILES string of the molecule is Cc1ccc2nc(C)c(C(=O)N(C)[C@@H](C)c3c(C)n[nH]c3C)cc2c1. The number of H-pyrrole nitrogens is 1. The molecule has 0 saturated heterocycles. The summed E-state index contributed by atoms with van der Waals surface area (Å²) in [5.41, 5.74) is 6.45. The molecule has 0 aliphatic heterocycles. The van der Waals surface area contributed by atoms with E-state index in [9.17, 15) is 4.79 Å². The lowest BCUT2D eigenvalue weighted by Gasteiger charge is -2.26. The fourth-order valence-electron chi connectivity index (χ4n) is 3.34. The summed E-state index contributed by atoms with van der Waals surface area (Å²) in [6, 6.07) is 7.97. The minimum absolute atomic E-state index is 0.0269. The predicted octanol–water partition coefficient (Wildman–Crippen LogP) is 4.02. The second-order valence-electron chi connectivity index (χ2n) is 6.76. The first kappa shape index (κ1) is 17.1. The second-order valence-corrected chi connectivity index (χ2v) is 6.76. The highest BCUT2D eigenvalue weighted by molar-refractivity contribution is 5.98. The van der Waals surface area contributed by atoms with Crippen LogP contribution in [0.5, 0.6) is 0 Å². The van der Waals surface area contributed by atoms with E-state index in [0.29, 0.717) is 5.56 Å². The van der Waals surface area contributed by atoms with Crippen LogP contribution in [0.25, 0.3) is 10.9 Å². The average molecular weight is 336 g/mol. The first-order chi connectivity index (χ1) is 11.8. The van der Waals surface area contributed by atoms with Crippen molar-refractivity contribution in [1.29, 1.82) is 0 Å². The van der Waals surface area contributed by atoms with Crippen LogP contribution in [0.1, 0.15) is 51.5 Å². The van der Waals surface area contributed by atoms with Gasteiger partial charge in [-0.05, 0) is 52.8 Å². The molecule has 0 aliphatic rings. The summed E-state index contributed by atoms with van der Waals surface area (Å²) in [5, 5.41) is 8.23. The molecule has 5 nitrogen and oxygen atoms in total. The molecule has 1 N–H and O–H groups in total. The van der Waals surface area contributed by atoms with Crippen molar-refractivity contribution in [2.75, 3.05) is 7.05 Å². The smallest absolute Gasteiger partial charge is 0.255 e. The lowest BCUT2D eigenvalue weighted by Crippen LogP contribution is -2.31. The minimum Gasteiger partial charge on any atom is -0.335 e. The third-order valence-electron chi connectivity index (χ3n) is 4.90. The van der Waals surface area contributed by atoms with Gasteiger partial charge in [0.1, 0.15) is 0 Å². The summed E-state index contributed by atoms with van der Waals surface area (Å²) in [6.45, 7) is 9.89. The van der Waals surface area contributed by atoms with Gasteiger partial charge < -0.3 is 4.90 Å². The number of hydrogen-bond acceptors (Lipinski definition) is 3. The second kappa shape index (κ2) is 6.31. The Hall–Kier alpha value is -2.69. The fourth-order valence-corrected chi connectivity index (χ4v) is 3.34. The van der Waals surface area contributed by atoms with Crippen molar-refractivity contribution < 1.29 is 4.79 Å². The molecular formula is C20H24N4O. The maximum absolute atomic E-state index is 13.1. The first-order valence-corrected chi connectivity index (χ1v) is 8.46. The Kier molecular flexibility index (Phi) is 4.33. The molecule has 130 valence electrons. The van der Waals surface area contributed by atoms with Crippen LogP contribution in [0.4, 0.5) is 0 Å². The van der Waals surface area contributed by atoms with Crippen molar-refractivity contribution >= 4 is 16.8 Å². The van der Waals surface area contributed by atoms with Crippen molar-refractivity contribution in [3.05, 3.63) is 58.0 Å². The molecule has 1 amide bonds. The van der Waals surface area contributed by atoms with Crippen LogP contribution in [0.3, 0.4) is 0 Å². The Morgan fingerprint density at radius 2 is 1.84 bits per heavy atom. The van der Waals surface area contributed by atoms with Gasteiger partial charge in [0.2, 0.25) is 0 Å². The molecule has 0 radical (unpaired) electrons. The van der Waals surface area contributed by atoms with E-state index in [4.69, 9.17) is 0 Å². The summed E-state index contributed by atoms with van der Waals surface area (Å²) in [5.74, 6) is -0.0269. The highest BCUT2D eigenvalue weighted by Crippen LogP contribution is 2.27. The third kappa shape index (κ3) is 3.02.